The van der Waals surface area contributed by atoms with E-state index >= 15 is 0 Å². The van der Waals surface area contributed by atoms with Crippen LogP contribution in [0, 0.1) is 6.92 Å². The molecular weight excluding hydrogens is 290 g/mol. The van der Waals surface area contributed by atoms with Crippen LogP contribution in [0.4, 0.5) is 5.69 Å². The third-order valence-corrected chi connectivity index (χ3v) is 4.44. The molecule has 1 aromatic carbocycles. The van der Waals surface area contributed by atoms with E-state index in [1.54, 1.807) is 0 Å². The van der Waals surface area contributed by atoms with Crippen molar-refractivity contribution < 1.29 is 0 Å². The minimum atomic E-state index is 0.326. The number of rotatable bonds is 2. The van der Waals surface area contributed by atoms with Crippen LogP contribution >= 0.6 is 12.2 Å². The zero-order chi connectivity index (χ0) is 15.4. The molecule has 0 radical (unpaired) electrons. The lowest BCUT2D eigenvalue weighted by Gasteiger charge is -2.37. The Morgan fingerprint density at radius 2 is 2.18 bits per heavy atom. The average Bonchev–Trinajstić information content (AvgIpc) is 2.56. The summed E-state index contributed by atoms with van der Waals surface area (Å²) >= 11 is 5.67. The van der Waals surface area contributed by atoms with Crippen molar-refractivity contribution in [2.45, 2.75) is 32.2 Å². The van der Waals surface area contributed by atoms with Gasteiger partial charge in [-0.3, -0.25) is 4.98 Å². The predicted molar refractivity (Wildman–Crippen MR) is 94.9 cm³/mol. The normalized spacial score (nSPS) is 18.0. The molecule has 1 saturated heterocycles. The van der Waals surface area contributed by atoms with Gasteiger partial charge in [0.25, 0.3) is 0 Å². The monoisotopic (exact) mass is 311 g/mol. The summed E-state index contributed by atoms with van der Waals surface area (Å²) in [5.41, 5.74) is 3.53. The standard InChI is InChI=1S/C18H21N3S/c1-14-6-4-8-16(12-14)20-18(22)21-11-3-2-9-17(21)15-7-5-10-19-13-15/h4-8,10,12-13,17H,2-3,9,11H2,1H3,(H,20,22)/t17-/m0/s1. The summed E-state index contributed by atoms with van der Waals surface area (Å²) in [6.45, 7) is 3.09. The Morgan fingerprint density at radius 3 is 2.95 bits per heavy atom. The summed E-state index contributed by atoms with van der Waals surface area (Å²) in [4.78, 5) is 6.56. The summed E-state index contributed by atoms with van der Waals surface area (Å²) in [6.07, 6.45) is 7.33. The fourth-order valence-electron chi connectivity index (χ4n) is 3.01. The minimum absolute atomic E-state index is 0.326. The number of nitrogens with zero attached hydrogens (tertiary/aromatic N) is 2. The molecule has 114 valence electrons. The van der Waals surface area contributed by atoms with Gasteiger partial charge in [-0.25, -0.2) is 0 Å². The molecule has 22 heavy (non-hydrogen) atoms. The second kappa shape index (κ2) is 6.88. The highest BCUT2D eigenvalue weighted by Gasteiger charge is 2.26. The van der Waals surface area contributed by atoms with Gasteiger partial charge in [0, 0.05) is 24.6 Å². The minimum Gasteiger partial charge on any atom is -0.342 e. The number of hydrogen-bond acceptors (Lipinski definition) is 2. The van der Waals surface area contributed by atoms with Crippen molar-refractivity contribution in [1.82, 2.24) is 9.88 Å². The molecule has 2 heterocycles. The molecule has 0 unspecified atom stereocenters. The first-order valence-corrected chi connectivity index (χ1v) is 8.19. The fraction of sp³-hybridized carbons (Fsp3) is 0.333. The summed E-state index contributed by atoms with van der Waals surface area (Å²) in [7, 11) is 0. The number of likely N-dealkylation sites (tertiary alicyclic amines) is 1. The molecule has 1 fully saturated rings. The molecule has 1 aromatic heterocycles. The number of hydrogen-bond donors (Lipinski definition) is 1. The van der Waals surface area contributed by atoms with Gasteiger partial charge in [-0.15, -0.1) is 0 Å². The first-order chi connectivity index (χ1) is 10.7. The lowest BCUT2D eigenvalue weighted by Crippen LogP contribution is -2.41. The molecule has 0 amide bonds. The van der Waals surface area contributed by atoms with Crippen LogP contribution < -0.4 is 5.32 Å². The molecule has 1 N–H and O–H groups in total. The maximum Gasteiger partial charge on any atom is 0.173 e. The third-order valence-electron chi connectivity index (χ3n) is 4.10. The van der Waals surface area contributed by atoms with E-state index in [1.807, 2.05) is 18.5 Å². The zero-order valence-electron chi connectivity index (χ0n) is 12.8. The topological polar surface area (TPSA) is 28.2 Å². The number of nitrogens with one attached hydrogen (secondary N) is 1. The summed E-state index contributed by atoms with van der Waals surface area (Å²) in [5.74, 6) is 0. The number of pyridine rings is 1. The van der Waals surface area contributed by atoms with Gasteiger partial charge in [0.05, 0.1) is 6.04 Å². The number of aromatic nitrogens is 1. The highest BCUT2D eigenvalue weighted by molar-refractivity contribution is 7.80. The molecule has 0 aliphatic carbocycles. The molecule has 1 aliphatic heterocycles. The van der Waals surface area contributed by atoms with E-state index in [0.29, 0.717) is 6.04 Å². The van der Waals surface area contributed by atoms with Crippen molar-refractivity contribution in [1.29, 1.82) is 0 Å². The SMILES string of the molecule is Cc1cccc(NC(=S)N2CCCC[C@H]2c2cccnc2)c1. The van der Waals surface area contributed by atoms with Crippen molar-refractivity contribution in [2.75, 3.05) is 11.9 Å². The smallest absolute Gasteiger partial charge is 0.173 e. The van der Waals surface area contributed by atoms with Crippen LogP contribution in [0.15, 0.2) is 48.8 Å². The lowest BCUT2D eigenvalue weighted by atomic mass is 9.97. The van der Waals surface area contributed by atoms with Gasteiger partial charge in [0.2, 0.25) is 0 Å². The van der Waals surface area contributed by atoms with E-state index in [-0.39, 0.29) is 0 Å². The first kappa shape index (κ1) is 15.0. The van der Waals surface area contributed by atoms with Crippen LogP contribution in [0.3, 0.4) is 0 Å². The van der Waals surface area contributed by atoms with E-state index in [9.17, 15) is 0 Å². The number of piperidine rings is 1. The average molecular weight is 311 g/mol. The van der Waals surface area contributed by atoms with Gasteiger partial charge in [-0.1, -0.05) is 18.2 Å². The summed E-state index contributed by atoms with van der Waals surface area (Å²) < 4.78 is 0. The van der Waals surface area contributed by atoms with Crippen molar-refractivity contribution in [3.63, 3.8) is 0 Å². The van der Waals surface area contributed by atoms with Crippen molar-refractivity contribution >= 4 is 23.0 Å². The Kier molecular flexibility index (Phi) is 4.68. The Labute approximate surface area is 137 Å². The van der Waals surface area contributed by atoms with Gasteiger partial charge in [-0.05, 0) is 67.7 Å². The molecule has 0 saturated carbocycles. The summed E-state index contributed by atoms with van der Waals surface area (Å²) in [6, 6.07) is 12.8. The van der Waals surface area contributed by atoms with E-state index < -0.39 is 0 Å². The number of aryl methyl sites for hydroxylation is 1. The Morgan fingerprint density at radius 1 is 1.27 bits per heavy atom. The van der Waals surface area contributed by atoms with Crippen LogP contribution in [-0.2, 0) is 0 Å². The lowest BCUT2D eigenvalue weighted by molar-refractivity contribution is 0.248. The predicted octanol–water partition coefficient (Wildman–Crippen LogP) is 4.31. The first-order valence-electron chi connectivity index (χ1n) is 7.78. The summed E-state index contributed by atoms with van der Waals surface area (Å²) in [5, 5.41) is 4.19. The van der Waals surface area contributed by atoms with E-state index in [1.165, 1.54) is 24.0 Å². The van der Waals surface area contributed by atoms with Crippen molar-refractivity contribution in [2.24, 2.45) is 0 Å². The quantitative estimate of drug-likeness (QED) is 0.836. The van der Waals surface area contributed by atoms with Gasteiger partial charge in [0.15, 0.2) is 5.11 Å². The second-order valence-corrected chi connectivity index (χ2v) is 6.18. The highest BCUT2D eigenvalue weighted by Crippen LogP contribution is 2.31. The maximum atomic E-state index is 5.67. The maximum absolute atomic E-state index is 5.67. The fourth-order valence-corrected chi connectivity index (χ4v) is 3.35. The van der Waals surface area contributed by atoms with Crippen molar-refractivity contribution in [3.05, 3.63) is 59.9 Å². The number of anilines is 1. The Balaban J connectivity index is 1.77. The van der Waals surface area contributed by atoms with Crippen LogP contribution in [-0.4, -0.2) is 21.5 Å². The highest BCUT2D eigenvalue weighted by atomic mass is 32.1. The van der Waals surface area contributed by atoms with Crippen LogP contribution in [0.5, 0.6) is 0 Å². The zero-order valence-corrected chi connectivity index (χ0v) is 13.6. The Hall–Kier alpha value is -1.94. The second-order valence-electron chi connectivity index (χ2n) is 5.79. The number of benzene rings is 1. The molecular formula is C18H21N3S. The van der Waals surface area contributed by atoms with Gasteiger partial charge < -0.3 is 10.2 Å². The van der Waals surface area contributed by atoms with E-state index in [4.69, 9.17) is 12.2 Å². The van der Waals surface area contributed by atoms with E-state index in [0.717, 1.165) is 23.8 Å². The molecule has 4 heteroatoms. The van der Waals surface area contributed by atoms with Crippen LogP contribution in [0.2, 0.25) is 0 Å². The van der Waals surface area contributed by atoms with E-state index in [2.05, 4.69) is 52.5 Å². The molecule has 3 rings (SSSR count). The van der Waals surface area contributed by atoms with Gasteiger partial charge in [-0.2, -0.15) is 0 Å². The van der Waals surface area contributed by atoms with Gasteiger partial charge >= 0.3 is 0 Å². The third kappa shape index (κ3) is 3.45. The molecule has 3 nitrogen and oxygen atoms in total. The molecule has 1 atom stereocenters. The number of thiocarbonyl (C=S) groups is 1. The molecule has 0 bridgehead atoms. The van der Waals surface area contributed by atoms with Gasteiger partial charge in [0.1, 0.15) is 0 Å². The van der Waals surface area contributed by atoms with Crippen LogP contribution in [0.1, 0.15) is 36.4 Å². The largest absolute Gasteiger partial charge is 0.342 e. The Bertz CT molecular complexity index is 642. The molecule has 0 spiro atoms. The van der Waals surface area contributed by atoms with Crippen LogP contribution in [0.25, 0.3) is 0 Å². The van der Waals surface area contributed by atoms with Crippen molar-refractivity contribution in [3.8, 4) is 0 Å². The molecule has 1 aliphatic rings. The molecule has 2 aromatic rings.